The van der Waals surface area contributed by atoms with E-state index in [1.807, 2.05) is 18.2 Å². The lowest BCUT2D eigenvalue weighted by molar-refractivity contribution is -0.384. The number of ether oxygens (including phenoxy) is 2. The third-order valence-corrected chi connectivity index (χ3v) is 3.49. The number of non-ortho nitro benzene ring substituents is 1. The molecule has 0 saturated heterocycles. The van der Waals surface area contributed by atoms with Crippen LogP contribution in [0, 0.1) is 10.1 Å². The molecule has 1 aliphatic rings. The molecule has 2 aromatic carbocycles. The first kappa shape index (κ1) is 13.4. The lowest BCUT2D eigenvalue weighted by atomic mass is 10.0. The Morgan fingerprint density at radius 2 is 1.95 bits per heavy atom. The predicted octanol–water partition coefficient (Wildman–Crippen LogP) is 3.37. The van der Waals surface area contributed by atoms with Crippen LogP contribution >= 0.6 is 0 Å². The van der Waals surface area contributed by atoms with Crippen molar-refractivity contribution in [1.29, 1.82) is 0 Å². The quantitative estimate of drug-likeness (QED) is 0.638. The number of nitro benzene ring substituents is 1. The molecule has 3 rings (SSSR count). The average Bonchev–Trinajstić information content (AvgIpc) is 2.53. The Bertz CT molecular complexity index is 639. The van der Waals surface area contributed by atoms with Crippen molar-refractivity contribution < 1.29 is 14.4 Å². The van der Waals surface area contributed by atoms with Crippen LogP contribution in [0.4, 0.5) is 5.69 Å². The topological polar surface area (TPSA) is 61.6 Å². The fourth-order valence-corrected chi connectivity index (χ4v) is 2.35. The molecular weight excluding hydrogens is 270 g/mol. The summed E-state index contributed by atoms with van der Waals surface area (Å²) >= 11 is 0. The maximum atomic E-state index is 10.6. The number of hydrogen-bond donors (Lipinski definition) is 0. The third kappa shape index (κ3) is 3.13. The SMILES string of the molecule is O=[N+]([O-])c1ccc(OCC2CCc3ccccc3O2)cc1. The van der Waals surface area contributed by atoms with Crippen LogP contribution < -0.4 is 9.47 Å². The van der Waals surface area contributed by atoms with Crippen molar-refractivity contribution in [3.8, 4) is 11.5 Å². The fraction of sp³-hybridized carbons (Fsp3) is 0.250. The van der Waals surface area contributed by atoms with Crippen LogP contribution in [0.5, 0.6) is 11.5 Å². The minimum Gasteiger partial charge on any atom is -0.490 e. The summed E-state index contributed by atoms with van der Waals surface area (Å²) in [4.78, 5) is 10.2. The van der Waals surface area contributed by atoms with Crippen molar-refractivity contribution in [3.05, 3.63) is 64.2 Å². The Labute approximate surface area is 122 Å². The van der Waals surface area contributed by atoms with Gasteiger partial charge in [0.05, 0.1) is 4.92 Å². The molecule has 0 saturated carbocycles. The van der Waals surface area contributed by atoms with Gasteiger partial charge >= 0.3 is 0 Å². The summed E-state index contributed by atoms with van der Waals surface area (Å²) < 4.78 is 11.5. The smallest absolute Gasteiger partial charge is 0.269 e. The van der Waals surface area contributed by atoms with Crippen LogP contribution in [0.2, 0.25) is 0 Å². The molecule has 0 radical (unpaired) electrons. The van der Waals surface area contributed by atoms with Crippen molar-refractivity contribution in [2.75, 3.05) is 6.61 Å². The maximum absolute atomic E-state index is 10.6. The minimum atomic E-state index is -0.426. The number of aryl methyl sites for hydroxylation is 1. The highest BCUT2D eigenvalue weighted by atomic mass is 16.6. The summed E-state index contributed by atoms with van der Waals surface area (Å²) in [6.07, 6.45) is 1.89. The molecule has 1 atom stereocenters. The Balaban J connectivity index is 1.57. The van der Waals surface area contributed by atoms with Crippen molar-refractivity contribution in [2.45, 2.75) is 18.9 Å². The van der Waals surface area contributed by atoms with E-state index in [1.54, 1.807) is 12.1 Å². The molecule has 2 aromatic rings. The van der Waals surface area contributed by atoms with Gasteiger partial charge in [0.2, 0.25) is 0 Å². The summed E-state index contributed by atoms with van der Waals surface area (Å²) in [7, 11) is 0. The Morgan fingerprint density at radius 3 is 2.71 bits per heavy atom. The van der Waals surface area contributed by atoms with E-state index in [1.165, 1.54) is 17.7 Å². The first-order valence-corrected chi connectivity index (χ1v) is 6.84. The third-order valence-electron chi connectivity index (χ3n) is 3.49. The zero-order valence-corrected chi connectivity index (χ0v) is 11.4. The predicted molar refractivity (Wildman–Crippen MR) is 77.8 cm³/mol. The molecule has 108 valence electrons. The van der Waals surface area contributed by atoms with E-state index >= 15 is 0 Å². The summed E-state index contributed by atoms with van der Waals surface area (Å²) in [6.45, 7) is 0.437. The van der Waals surface area contributed by atoms with Crippen LogP contribution in [-0.2, 0) is 6.42 Å². The molecule has 0 bridgehead atoms. The van der Waals surface area contributed by atoms with Crippen molar-refractivity contribution in [3.63, 3.8) is 0 Å². The molecular formula is C16H15NO4. The van der Waals surface area contributed by atoms with E-state index in [-0.39, 0.29) is 11.8 Å². The van der Waals surface area contributed by atoms with E-state index in [9.17, 15) is 10.1 Å². The summed E-state index contributed by atoms with van der Waals surface area (Å²) in [5.41, 5.74) is 1.29. The molecule has 21 heavy (non-hydrogen) atoms. The molecule has 0 aliphatic carbocycles. The van der Waals surface area contributed by atoms with E-state index in [0.717, 1.165) is 18.6 Å². The Kier molecular flexibility index (Phi) is 3.73. The summed E-state index contributed by atoms with van der Waals surface area (Å²) in [6, 6.07) is 14.1. The fourth-order valence-electron chi connectivity index (χ4n) is 2.35. The summed E-state index contributed by atoms with van der Waals surface area (Å²) in [5, 5.41) is 10.6. The molecule has 5 heteroatoms. The van der Waals surface area contributed by atoms with Gasteiger partial charge in [-0.05, 0) is 36.6 Å². The minimum absolute atomic E-state index is 0.00934. The average molecular weight is 285 g/mol. The first-order valence-electron chi connectivity index (χ1n) is 6.84. The molecule has 0 fully saturated rings. The van der Waals surface area contributed by atoms with Crippen molar-refractivity contribution in [2.24, 2.45) is 0 Å². The van der Waals surface area contributed by atoms with E-state index in [2.05, 4.69) is 6.07 Å². The molecule has 1 aliphatic heterocycles. The Hall–Kier alpha value is -2.56. The number of benzene rings is 2. The highest BCUT2D eigenvalue weighted by Crippen LogP contribution is 2.27. The highest BCUT2D eigenvalue weighted by Gasteiger charge is 2.19. The highest BCUT2D eigenvalue weighted by molar-refractivity contribution is 5.36. The van der Waals surface area contributed by atoms with Gasteiger partial charge < -0.3 is 9.47 Å². The number of nitrogens with zero attached hydrogens (tertiary/aromatic N) is 1. The second-order valence-corrected chi connectivity index (χ2v) is 4.95. The van der Waals surface area contributed by atoms with Gasteiger partial charge in [-0.15, -0.1) is 0 Å². The van der Waals surface area contributed by atoms with Gasteiger partial charge in [0, 0.05) is 12.1 Å². The normalized spacial score (nSPS) is 16.7. The monoisotopic (exact) mass is 285 g/mol. The number of nitro groups is 1. The van der Waals surface area contributed by atoms with Gasteiger partial charge in [0.1, 0.15) is 24.2 Å². The summed E-state index contributed by atoms with van der Waals surface area (Å²) in [5.74, 6) is 1.53. The number of para-hydroxylation sites is 1. The molecule has 5 nitrogen and oxygen atoms in total. The second kappa shape index (κ2) is 5.83. The number of hydrogen-bond acceptors (Lipinski definition) is 4. The van der Waals surface area contributed by atoms with Gasteiger partial charge in [0.15, 0.2) is 0 Å². The molecule has 0 N–H and O–H groups in total. The van der Waals surface area contributed by atoms with E-state index in [0.29, 0.717) is 12.4 Å². The van der Waals surface area contributed by atoms with Crippen LogP contribution in [-0.4, -0.2) is 17.6 Å². The number of rotatable bonds is 4. The van der Waals surface area contributed by atoms with Crippen LogP contribution in [0.15, 0.2) is 48.5 Å². The maximum Gasteiger partial charge on any atom is 0.269 e. The van der Waals surface area contributed by atoms with E-state index in [4.69, 9.17) is 9.47 Å². The van der Waals surface area contributed by atoms with Gasteiger partial charge in [-0.25, -0.2) is 0 Å². The van der Waals surface area contributed by atoms with Crippen molar-refractivity contribution in [1.82, 2.24) is 0 Å². The number of fused-ring (bicyclic) bond motifs is 1. The first-order chi connectivity index (χ1) is 10.2. The van der Waals surface area contributed by atoms with Crippen molar-refractivity contribution >= 4 is 5.69 Å². The molecule has 0 spiro atoms. The van der Waals surface area contributed by atoms with E-state index < -0.39 is 4.92 Å². The van der Waals surface area contributed by atoms with Crippen LogP contribution in [0.3, 0.4) is 0 Å². The Morgan fingerprint density at radius 1 is 1.19 bits per heavy atom. The largest absolute Gasteiger partial charge is 0.490 e. The molecule has 1 heterocycles. The molecule has 0 aromatic heterocycles. The zero-order valence-electron chi connectivity index (χ0n) is 11.4. The molecule has 1 unspecified atom stereocenters. The molecule has 0 amide bonds. The lowest BCUT2D eigenvalue weighted by Crippen LogP contribution is -2.28. The van der Waals surface area contributed by atoms with Gasteiger partial charge in [-0.3, -0.25) is 10.1 Å². The zero-order chi connectivity index (χ0) is 14.7. The standard InChI is InChI=1S/C16H15NO4/c18-17(19)13-6-9-14(10-7-13)20-11-15-8-5-12-3-1-2-4-16(12)21-15/h1-4,6-7,9-10,15H,5,8,11H2. The van der Waals surface area contributed by atoms with Gasteiger partial charge in [-0.2, -0.15) is 0 Å². The van der Waals surface area contributed by atoms with Crippen LogP contribution in [0.1, 0.15) is 12.0 Å². The van der Waals surface area contributed by atoms with Gasteiger partial charge in [0.25, 0.3) is 5.69 Å². The second-order valence-electron chi connectivity index (χ2n) is 4.95. The van der Waals surface area contributed by atoms with Gasteiger partial charge in [-0.1, -0.05) is 18.2 Å². The lowest BCUT2D eigenvalue weighted by Gasteiger charge is -2.26. The van der Waals surface area contributed by atoms with Crippen LogP contribution in [0.25, 0.3) is 0 Å².